The summed E-state index contributed by atoms with van der Waals surface area (Å²) in [6.45, 7) is 0. The predicted molar refractivity (Wildman–Crippen MR) is 70.5 cm³/mol. The van der Waals surface area contributed by atoms with Crippen LogP contribution in [0.4, 0.5) is 0 Å². The number of benzene rings is 1. The van der Waals surface area contributed by atoms with Gasteiger partial charge in [-0.2, -0.15) is 0 Å². The van der Waals surface area contributed by atoms with Gasteiger partial charge in [0.2, 0.25) is 0 Å². The summed E-state index contributed by atoms with van der Waals surface area (Å²) in [4.78, 5) is 11.3. The molecule has 0 bridgehead atoms. The number of hydrogen-bond acceptors (Lipinski definition) is 4. The first-order valence-corrected chi connectivity index (χ1v) is 6.23. The van der Waals surface area contributed by atoms with Crippen molar-refractivity contribution in [2.24, 2.45) is 5.73 Å². The Balaban J connectivity index is 2.43. The molecule has 1 rings (SSSR count). The smallest absolute Gasteiger partial charge is 0.315 e. The van der Waals surface area contributed by atoms with Crippen LogP contribution in [0, 0.1) is 0 Å². The third-order valence-electron chi connectivity index (χ3n) is 1.95. The van der Waals surface area contributed by atoms with Crippen LogP contribution in [-0.2, 0) is 15.3 Å². The molecule has 16 heavy (non-hydrogen) atoms. The normalized spacial score (nSPS) is 9.81. The lowest BCUT2D eigenvalue weighted by atomic mass is 10.1. The highest BCUT2D eigenvalue weighted by molar-refractivity contribution is 7.99. The van der Waals surface area contributed by atoms with Crippen LogP contribution >= 0.6 is 24.0 Å². The van der Waals surface area contributed by atoms with Crippen LogP contribution in [-0.4, -0.2) is 23.8 Å². The second-order valence-corrected chi connectivity index (χ2v) is 4.56. The molecule has 2 N–H and O–H groups in total. The molecule has 1 aromatic carbocycles. The highest BCUT2D eigenvalue weighted by atomic mass is 32.2. The first kappa shape index (κ1) is 13.0. The Kier molecular flexibility index (Phi) is 5.28. The molecule has 0 saturated carbocycles. The monoisotopic (exact) mass is 255 g/mol. The van der Waals surface area contributed by atoms with E-state index in [-0.39, 0.29) is 5.97 Å². The van der Waals surface area contributed by atoms with E-state index in [1.807, 2.05) is 24.3 Å². The van der Waals surface area contributed by atoms with Crippen LogP contribution in [0.25, 0.3) is 0 Å². The Hall–Kier alpha value is -1.07. The Labute approximate surface area is 104 Å². The molecule has 0 heterocycles. The number of methoxy groups -OCH3 is 1. The molecule has 0 fully saturated rings. The third-order valence-corrected chi connectivity index (χ3v) is 3.17. The fraction of sp³-hybridized carbons (Fsp3) is 0.273. The van der Waals surface area contributed by atoms with Crippen molar-refractivity contribution in [1.29, 1.82) is 0 Å². The van der Waals surface area contributed by atoms with Crippen LogP contribution in [0.3, 0.4) is 0 Å². The Morgan fingerprint density at radius 2 is 2.06 bits per heavy atom. The number of carbonyl (C=O) groups is 1. The molecule has 0 aliphatic heterocycles. The lowest BCUT2D eigenvalue weighted by molar-refractivity contribution is -0.137. The number of esters is 1. The summed E-state index contributed by atoms with van der Waals surface area (Å²) in [5.74, 6) is 0.935. The largest absolute Gasteiger partial charge is 0.468 e. The molecular formula is C11H13NO2S2. The van der Waals surface area contributed by atoms with Crippen molar-refractivity contribution in [3.05, 3.63) is 35.4 Å². The van der Waals surface area contributed by atoms with Gasteiger partial charge < -0.3 is 10.5 Å². The van der Waals surface area contributed by atoms with E-state index in [2.05, 4.69) is 4.74 Å². The maximum Gasteiger partial charge on any atom is 0.315 e. The van der Waals surface area contributed by atoms with Crippen molar-refractivity contribution in [1.82, 2.24) is 0 Å². The molecule has 0 unspecified atom stereocenters. The number of thioether (sulfide) groups is 1. The van der Waals surface area contributed by atoms with Gasteiger partial charge in [0.05, 0.1) is 12.9 Å². The number of ether oxygens (including phenoxy) is 1. The van der Waals surface area contributed by atoms with Crippen LogP contribution in [0.1, 0.15) is 11.1 Å². The fourth-order valence-corrected chi connectivity index (χ4v) is 2.03. The second-order valence-electron chi connectivity index (χ2n) is 3.13. The summed E-state index contributed by atoms with van der Waals surface area (Å²) in [7, 11) is 1.39. The fourth-order valence-electron chi connectivity index (χ4n) is 1.08. The van der Waals surface area contributed by atoms with Gasteiger partial charge in [-0.05, 0) is 5.56 Å². The molecule has 0 aromatic heterocycles. The van der Waals surface area contributed by atoms with E-state index in [1.54, 1.807) is 0 Å². The van der Waals surface area contributed by atoms with Gasteiger partial charge in [-0.15, -0.1) is 11.8 Å². The molecule has 0 atom stereocenters. The summed E-state index contributed by atoms with van der Waals surface area (Å²) < 4.78 is 4.55. The zero-order valence-corrected chi connectivity index (χ0v) is 10.6. The van der Waals surface area contributed by atoms with Gasteiger partial charge in [0.15, 0.2) is 0 Å². The Morgan fingerprint density at radius 3 is 2.56 bits per heavy atom. The molecule has 86 valence electrons. The van der Waals surface area contributed by atoms with Crippen LogP contribution in [0.5, 0.6) is 0 Å². The number of thiocarbonyl (C=S) groups is 1. The molecule has 0 radical (unpaired) electrons. The molecule has 0 saturated heterocycles. The average molecular weight is 255 g/mol. The maximum atomic E-state index is 10.9. The lowest BCUT2D eigenvalue weighted by Gasteiger charge is -2.02. The van der Waals surface area contributed by atoms with Gasteiger partial charge in [0.1, 0.15) is 4.99 Å². The first-order valence-electron chi connectivity index (χ1n) is 4.67. The highest BCUT2D eigenvalue weighted by Gasteiger charge is 2.01. The van der Waals surface area contributed by atoms with Crippen LogP contribution in [0.15, 0.2) is 24.3 Å². The summed E-state index contributed by atoms with van der Waals surface area (Å²) >= 11 is 6.37. The number of nitrogens with two attached hydrogens (primary N) is 1. The van der Waals surface area contributed by atoms with Gasteiger partial charge in [0, 0.05) is 11.3 Å². The minimum absolute atomic E-state index is 0.204. The average Bonchev–Trinajstić information content (AvgIpc) is 2.29. The van der Waals surface area contributed by atoms with E-state index in [9.17, 15) is 4.79 Å². The van der Waals surface area contributed by atoms with Gasteiger partial charge >= 0.3 is 5.97 Å². The molecule has 0 aliphatic rings. The van der Waals surface area contributed by atoms with E-state index >= 15 is 0 Å². The third kappa shape index (κ3) is 4.20. The quantitative estimate of drug-likeness (QED) is 0.641. The molecule has 5 heteroatoms. The van der Waals surface area contributed by atoms with Crippen LogP contribution < -0.4 is 5.73 Å². The standard InChI is InChI=1S/C11H13NO2S2/c1-14-10(13)7-16-6-8-2-4-9(5-3-8)11(12)15/h2-5H,6-7H2,1H3,(H2,12,15). The zero-order chi connectivity index (χ0) is 12.0. The topological polar surface area (TPSA) is 52.3 Å². The van der Waals surface area contributed by atoms with Crippen molar-refractivity contribution in [3.63, 3.8) is 0 Å². The van der Waals surface area contributed by atoms with Crippen molar-refractivity contribution >= 4 is 34.9 Å². The molecule has 1 aromatic rings. The van der Waals surface area contributed by atoms with Crippen molar-refractivity contribution in [3.8, 4) is 0 Å². The highest BCUT2D eigenvalue weighted by Crippen LogP contribution is 2.13. The summed E-state index contributed by atoms with van der Waals surface area (Å²) in [6.07, 6.45) is 0. The zero-order valence-electron chi connectivity index (χ0n) is 8.93. The van der Waals surface area contributed by atoms with E-state index in [4.69, 9.17) is 18.0 Å². The van der Waals surface area contributed by atoms with Crippen molar-refractivity contribution in [2.75, 3.05) is 12.9 Å². The minimum Gasteiger partial charge on any atom is -0.468 e. The second kappa shape index (κ2) is 6.50. The van der Waals surface area contributed by atoms with E-state index in [0.29, 0.717) is 10.7 Å². The van der Waals surface area contributed by atoms with Gasteiger partial charge in [0.25, 0.3) is 0 Å². The Morgan fingerprint density at radius 1 is 1.44 bits per heavy atom. The summed E-state index contributed by atoms with van der Waals surface area (Å²) in [5.41, 5.74) is 7.48. The van der Waals surface area contributed by atoms with E-state index in [0.717, 1.165) is 16.9 Å². The molecule has 0 aliphatic carbocycles. The molecule has 0 amide bonds. The van der Waals surface area contributed by atoms with Crippen molar-refractivity contribution < 1.29 is 9.53 Å². The number of carbonyl (C=O) groups excluding carboxylic acids is 1. The molecular weight excluding hydrogens is 242 g/mol. The maximum absolute atomic E-state index is 10.9. The predicted octanol–water partition coefficient (Wildman–Crippen LogP) is 1.73. The van der Waals surface area contributed by atoms with Crippen LogP contribution in [0.2, 0.25) is 0 Å². The Bertz CT molecular complexity index is 376. The van der Waals surface area contributed by atoms with E-state index < -0.39 is 0 Å². The minimum atomic E-state index is -0.204. The summed E-state index contributed by atoms with van der Waals surface area (Å²) in [6, 6.07) is 7.68. The van der Waals surface area contributed by atoms with Crippen molar-refractivity contribution in [2.45, 2.75) is 5.75 Å². The summed E-state index contributed by atoms with van der Waals surface area (Å²) in [5, 5.41) is 0. The van der Waals surface area contributed by atoms with Gasteiger partial charge in [-0.1, -0.05) is 36.5 Å². The SMILES string of the molecule is COC(=O)CSCc1ccc(C(N)=S)cc1. The molecule has 0 spiro atoms. The first-order chi connectivity index (χ1) is 7.63. The number of rotatable bonds is 5. The van der Waals surface area contributed by atoms with E-state index in [1.165, 1.54) is 18.9 Å². The number of hydrogen-bond donors (Lipinski definition) is 1. The van der Waals surface area contributed by atoms with Gasteiger partial charge in [-0.3, -0.25) is 4.79 Å². The lowest BCUT2D eigenvalue weighted by Crippen LogP contribution is -2.08. The van der Waals surface area contributed by atoms with Gasteiger partial charge in [-0.25, -0.2) is 0 Å². The molecule has 3 nitrogen and oxygen atoms in total.